The number of amides is 2. The number of β-amino-alcohol motifs (C(OH)–C–C–N with tert-alkyl or cyclic N) is 1. The van der Waals surface area contributed by atoms with Gasteiger partial charge in [0.05, 0.1) is 31.1 Å². The van der Waals surface area contributed by atoms with E-state index in [1.807, 2.05) is 0 Å². The van der Waals surface area contributed by atoms with E-state index in [1.54, 1.807) is 18.0 Å². The van der Waals surface area contributed by atoms with Crippen molar-refractivity contribution >= 4 is 17.7 Å². The number of carboxylic acids is 1. The summed E-state index contributed by atoms with van der Waals surface area (Å²) in [6.07, 6.45) is 2.31. The number of aliphatic carboxylic acids is 1. The number of carbonyl (C=O) groups is 2. The van der Waals surface area contributed by atoms with Gasteiger partial charge in [0.1, 0.15) is 6.04 Å². The highest BCUT2D eigenvalue weighted by Gasteiger charge is 2.39. The molecule has 0 spiro atoms. The number of likely N-dealkylation sites (tertiary alicyclic amines) is 1. The van der Waals surface area contributed by atoms with Crippen LogP contribution in [0.25, 0.3) is 0 Å². The Balaban J connectivity index is 1.97. The zero-order chi connectivity index (χ0) is 15.4. The lowest BCUT2D eigenvalue weighted by Crippen LogP contribution is -2.43. The molecule has 2 heterocycles. The molecule has 2 rings (SSSR count). The molecule has 9 nitrogen and oxygen atoms in total. The predicted octanol–water partition coefficient (Wildman–Crippen LogP) is -0.419. The van der Waals surface area contributed by atoms with Crippen molar-refractivity contribution in [2.24, 2.45) is 0 Å². The number of aliphatic hydroxyl groups is 1. The van der Waals surface area contributed by atoms with Crippen molar-refractivity contribution in [2.75, 3.05) is 25.6 Å². The van der Waals surface area contributed by atoms with Crippen LogP contribution in [-0.4, -0.2) is 69.3 Å². The molecule has 0 aliphatic carbocycles. The first-order valence-electron chi connectivity index (χ1n) is 6.51. The molecule has 1 saturated heterocycles. The zero-order valence-electron chi connectivity index (χ0n) is 11.6. The topological polar surface area (TPSA) is 117 Å². The number of methoxy groups -OCH3 is 1. The lowest BCUT2D eigenvalue weighted by molar-refractivity contribution is -0.141. The number of aliphatic hydroxyl groups excluding tert-OH is 1. The lowest BCUT2D eigenvalue weighted by atomic mass is 10.2. The Morgan fingerprint density at radius 1 is 1.57 bits per heavy atom. The van der Waals surface area contributed by atoms with Gasteiger partial charge in [0.15, 0.2) is 0 Å². The standard InChI is InChI=1S/C12H18N4O5/c1-21-3-2-15-6-8(5-13-15)14-12(20)16-7-9(17)4-10(16)11(18)19/h5-6,9-10,17H,2-4,7H2,1H3,(H,14,20)(H,18,19)/t9-,10+/m1/s1. The second-order valence-corrected chi connectivity index (χ2v) is 4.81. The van der Waals surface area contributed by atoms with Crippen molar-refractivity contribution in [3.63, 3.8) is 0 Å². The summed E-state index contributed by atoms with van der Waals surface area (Å²) in [6, 6.07) is -1.58. The summed E-state index contributed by atoms with van der Waals surface area (Å²) < 4.78 is 6.52. The van der Waals surface area contributed by atoms with Crippen LogP contribution in [0, 0.1) is 0 Å². The van der Waals surface area contributed by atoms with Gasteiger partial charge in [0, 0.05) is 26.3 Å². The van der Waals surface area contributed by atoms with Crippen molar-refractivity contribution < 1.29 is 24.5 Å². The van der Waals surface area contributed by atoms with Gasteiger partial charge in [-0.15, -0.1) is 0 Å². The molecule has 1 aromatic heterocycles. The fourth-order valence-corrected chi connectivity index (χ4v) is 2.20. The molecule has 1 aromatic rings. The Bertz CT molecular complexity index is 518. The van der Waals surface area contributed by atoms with Crippen LogP contribution in [0.5, 0.6) is 0 Å². The van der Waals surface area contributed by atoms with Gasteiger partial charge in [0.2, 0.25) is 0 Å². The number of rotatable bonds is 5. The number of anilines is 1. The summed E-state index contributed by atoms with van der Waals surface area (Å²) in [5, 5.41) is 25.2. The second kappa shape index (κ2) is 6.55. The molecule has 3 N–H and O–H groups in total. The zero-order valence-corrected chi connectivity index (χ0v) is 11.6. The van der Waals surface area contributed by atoms with E-state index in [0.717, 1.165) is 4.90 Å². The number of hydrogen-bond donors (Lipinski definition) is 3. The van der Waals surface area contributed by atoms with E-state index in [2.05, 4.69) is 10.4 Å². The Labute approximate surface area is 121 Å². The average Bonchev–Trinajstić information content (AvgIpc) is 3.03. The van der Waals surface area contributed by atoms with Gasteiger partial charge in [-0.3, -0.25) is 4.68 Å². The smallest absolute Gasteiger partial charge is 0.326 e. The number of carbonyl (C=O) groups excluding carboxylic acids is 1. The molecular weight excluding hydrogens is 280 g/mol. The number of nitrogens with one attached hydrogen (secondary N) is 1. The molecule has 2 atom stereocenters. The van der Waals surface area contributed by atoms with E-state index in [-0.39, 0.29) is 13.0 Å². The van der Waals surface area contributed by atoms with Crippen molar-refractivity contribution in [2.45, 2.75) is 25.1 Å². The predicted molar refractivity (Wildman–Crippen MR) is 71.9 cm³/mol. The summed E-state index contributed by atoms with van der Waals surface area (Å²) in [4.78, 5) is 24.3. The maximum atomic E-state index is 12.1. The van der Waals surface area contributed by atoms with Crippen molar-refractivity contribution in [3.05, 3.63) is 12.4 Å². The fourth-order valence-electron chi connectivity index (χ4n) is 2.20. The molecule has 0 radical (unpaired) electrons. The van der Waals surface area contributed by atoms with Crippen LogP contribution in [-0.2, 0) is 16.1 Å². The molecule has 0 bridgehead atoms. The van der Waals surface area contributed by atoms with Gasteiger partial charge in [-0.25, -0.2) is 9.59 Å². The molecule has 9 heteroatoms. The minimum absolute atomic E-state index is 0.000607. The summed E-state index contributed by atoms with van der Waals surface area (Å²) >= 11 is 0. The number of ether oxygens (including phenoxy) is 1. The highest BCUT2D eigenvalue weighted by molar-refractivity contribution is 5.92. The van der Waals surface area contributed by atoms with E-state index < -0.39 is 24.1 Å². The second-order valence-electron chi connectivity index (χ2n) is 4.81. The minimum atomic E-state index is -1.13. The maximum absolute atomic E-state index is 12.1. The van der Waals surface area contributed by atoms with Gasteiger partial charge in [0.25, 0.3) is 0 Å². The summed E-state index contributed by atoms with van der Waals surface area (Å²) in [7, 11) is 1.58. The molecule has 1 aliphatic rings. The first-order chi connectivity index (χ1) is 10.0. The highest BCUT2D eigenvalue weighted by Crippen LogP contribution is 2.19. The third-order valence-electron chi connectivity index (χ3n) is 3.23. The summed E-state index contributed by atoms with van der Waals surface area (Å²) in [6.45, 7) is 1.04. The monoisotopic (exact) mass is 298 g/mol. The van der Waals surface area contributed by atoms with Crippen LogP contribution in [0.4, 0.5) is 10.5 Å². The normalized spacial score (nSPS) is 21.5. The number of aromatic nitrogens is 2. The van der Waals surface area contributed by atoms with E-state index in [0.29, 0.717) is 18.8 Å². The largest absolute Gasteiger partial charge is 0.480 e. The molecule has 0 aromatic carbocycles. The van der Waals surface area contributed by atoms with Crippen LogP contribution in [0.2, 0.25) is 0 Å². The lowest BCUT2D eigenvalue weighted by Gasteiger charge is -2.20. The van der Waals surface area contributed by atoms with E-state index >= 15 is 0 Å². The van der Waals surface area contributed by atoms with Crippen LogP contribution in [0.3, 0.4) is 0 Å². The Morgan fingerprint density at radius 2 is 2.33 bits per heavy atom. The van der Waals surface area contributed by atoms with E-state index in [9.17, 15) is 14.7 Å². The van der Waals surface area contributed by atoms with Crippen LogP contribution >= 0.6 is 0 Å². The molecule has 1 fully saturated rings. The number of urea groups is 1. The third-order valence-corrected chi connectivity index (χ3v) is 3.23. The average molecular weight is 298 g/mol. The first-order valence-corrected chi connectivity index (χ1v) is 6.51. The number of carboxylic acid groups (broad SMARTS) is 1. The molecule has 21 heavy (non-hydrogen) atoms. The fraction of sp³-hybridized carbons (Fsp3) is 0.583. The van der Waals surface area contributed by atoms with E-state index in [1.165, 1.54) is 6.20 Å². The quantitative estimate of drug-likeness (QED) is 0.680. The third kappa shape index (κ3) is 3.70. The SMILES string of the molecule is COCCn1cc(NC(=O)N2C[C@H](O)C[C@H]2C(=O)O)cn1. The van der Waals surface area contributed by atoms with Gasteiger partial charge in [-0.05, 0) is 0 Å². The molecule has 1 aliphatic heterocycles. The molecule has 2 amide bonds. The van der Waals surface area contributed by atoms with Crippen LogP contribution in [0.1, 0.15) is 6.42 Å². The summed E-state index contributed by atoms with van der Waals surface area (Å²) in [5.41, 5.74) is 0.460. The Hall–Kier alpha value is -2.13. The highest BCUT2D eigenvalue weighted by atomic mass is 16.5. The van der Waals surface area contributed by atoms with Gasteiger partial charge >= 0.3 is 12.0 Å². The Morgan fingerprint density at radius 3 is 3.00 bits per heavy atom. The minimum Gasteiger partial charge on any atom is -0.480 e. The molecule has 0 saturated carbocycles. The van der Waals surface area contributed by atoms with Crippen molar-refractivity contribution in [1.82, 2.24) is 14.7 Å². The van der Waals surface area contributed by atoms with Crippen molar-refractivity contribution in [3.8, 4) is 0 Å². The number of nitrogens with zero attached hydrogens (tertiary/aromatic N) is 3. The van der Waals surface area contributed by atoms with Gasteiger partial charge < -0.3 is 25.2 Å². The maximum Gasteiger partial charge on any atom is 0.326 e. The van der Waals surface area contributed by atoms with Crippen LogP contribution < -0.4 is 5.32 Å². The molecule has 116 valence electrons. The van der Waals surface area contributed by atoms with Gasteiger partial charge in [-0.2, -0.15) is 5.10 Å². The van der Waals surface area contributed by atoms with Crippen LogP contribution in [0.15, 0.2) is 12.4 Å². The summed E-state index contributed by atoms with van der Waals surface area (Å²) in [5.74, 6) is -1.13. The first kappa shape index (κ1) is 15.3. The van der Waals surface area contributed by atoms with Crippen molar-refractivity contribution in [1.29, 1.82) is 0 Å². The molecule has 0 unspecified atom stereocenters. The molecular formula is C12H18N4O5. The van der Waals surface area contributed by atoms with E-state index in [4.69, 9.17) is 9.84 Å². The van der Waals surface area contributed by atoms with Gasteiger partial charge in [-0.1, -0.05) is 0 Å². The number of hydrogen-bond acceptors (Lipinski definition) is 5. The Kier molecular flexibility index (Phi) is 4.76.